The van der Waals surface area contributed by atoms with Crippen LogP contribution in [-0.2, 0) is 0 Å². The van der Waals surface area contributed by atoms with Gasteiger partial charge in [-0.25, -0.2) is 4.79 Å². The average molecular weight is 253 g/mol. The summed E-state index contributed by atoms with van der Waals surface area (Å²) in [5.74, 6) is 0. The highest BCUT2D eigenvalue weighted by molar-refractivity contribution is 5.76. The summed E-state index contributed by atoms with van der Waals surface area (Å²) in [6.07, 6.45) is 3.60. The monoisotopic (exact) mass is 253 g/mol. The van der Waals surface area contributed by atoms with E-state index in [1.807, 2.05) is 49.5 Å². The number of hydrogen-bond acceptors (Lipinski definition) is 3. The number of nitrogens with zero attached hydrogens (tertiary/aromatic N) is 1. The Bertz CT molecular complexity index is 717. The van der Waals surface area contributed by atoms with Crippen LogP contribution in [0.15, 0.2) is 64.1 Å². The third kappa shape index (κ3) is 3.52. The van der Waals surface area contributed by atoms with Crippen molar-refractivity contribution in [2.75, 3.05) is 0 Å². The molecular weight excluding hydrogens is 238 g/mol. The van der Waals surface area contributed by atoms with Crippen LogP contribution in [0.4, 0.5) is 0 Å². The van der Waals surface area contributed by atoms with Crippen molar-refractivity contribution >= 4 is 11.0 Å². The second-order valence-electron chi connectivity index (χ2n) is 4.29. The number of para-hydroxylation sites is 1. The van der Waals surface area contributed by atoms with Gasteiger partial charge < -0.3 is 4.42 Å². The summed E-state index contributed by atoms with van der Waals surface area (Å²) in [4.78, 5) is 15.0. The molecule has 2 aromatic heterocycles. The molecule has 0 amide bonds. The van der Waals surface area contributed by atoms with E-state index in [4.69, 9.17) is 4.42 Å². The fourth-order valence-electron chi connectivity index (χ4n) is 1.61. The predicted molar refractivity (Wildman–Crippen MR) is 76.2 cm³/mol. The summed E-state index contributed by atoms with van der Waals surface area (Å²) in [6, 6.07) is 13.3. The lowest BCUT2D eigenvalue weighted by Crippen LogP contribution is -2.01. The van der Waals surface area contributed by atoms with Gasteiger partial charge in [-0.3, -0.25) is 4.98 Å². The third-order valence-electron chi connectivity index (χ3n) is 2.63. The van der Waals surface area contributed by atoms with E-state index in [2.05, 4.69) is 4.98 Å². The molecule has 0 fully saturated rings. The lowest BCUT2D eigenvalue weighted by atomic mass is 10.2. The summed E-state index contributed by atoms with van der Waals surface area (Å²) in [5.41, 5.74) is 2.25. The second-order valence-corrected chi connectivity index (χ2v) is 4.29. The Labute approximate surface area is 111 Å². The van der Waals surface area contributed by atoms with E-state index >= 15 is 0 Å². The zero-order chi connectivity index (χ0) is 13.7. The highest BCUT2D eigenvalue weighted by atomic mass is 16.4. The van der Waals surface area contributed by atoms with E-state index in [-0.39, 0.29) is 5.63 Å². The fraction of sp³-hybridized carbons (Fsp3) is 0.125. The molecule has 0 spiro atoms. The lowest BCUT2D eigenvalue weighted by Gasteiger charge is -1.95. The Morgan fingerprint density at radius 3 is 2.47 bits per heavy atom. The van der Waals surface area contributed by atoms with Crippen LogP contribution in [-0.4, -0.2) is 4.98 Å². The van der Waals surface area contributed by atoms with Crippen molar-refractivity contribution in [3.63, 3.8) is 0 Å². The van der Waals surface area contributed by atoms with Crippen LogP contribution in [0, 0.1) is 13.8 Å². The van der Waals surface area contributed by atoms with Crippen molar-refractivity contribution in [1.29, 1.82) is 0 Å². The standard InChI is InChI=1S/C10H8O2.C6H7N/c1-7-6-8-4-2-3-5-9(8)12-10(7)11;1-6-3-2-4-7-5-6/h2-6H,1H3;2-5H,1H3. The number of aryl methyl sites for hydroxylation is 2. The Morgan fingerprint density at radius 2 is 1.84 bits per heavy atom. The zero-order valence-electron chi connectivity index (χ0n) is 11.0. The summed E-state index contributed by atoms with van der Waals surface area (Å²) < 4.78 is 5.04. The van der Waals surface area contributed by atoms with Crippen molar-refractivity contribution in [2.24, 2.45) is 0 Å². The topological polar surface area (TPSA) is 43.1 Å². The largest absolute Gasteiger partial charge is 0.423 e. The van der Waals surface area contributed by atoms with Gasteiger partial charge in [-0.15, -0.1) is 0 Å². The molecule has 0 aliphatic carbocycles. The Morgan fingerprint density at radius 1 is 1.05 bits per heavy atom. The maximum absolute atomic E-state index is 11.1. The molecule has 3 nitrogen and oxygen atoms in total. The minimum atomic E-state index is -0.256. The molecular formula is C16H15NO2. The van der Waals surface area contributed by atoms with Crippen LogP contribution in [0.5, 0.6) is 0 Å². The fourth-order valence-corrected chi connectivity index (χ4v) is 1.61. The lowest BCUT2D eigenvalue weighted by molar-refractivity contribution is 0.555. The molecule has 3 rings (SSSR count). The number of aromatic nitrogens is 1. The quantitative estimate of drug-likeness (QED) is 0.576. The first kappa shape index (κ1) is 13.0. The Hall–Kier alpha value is -2.42. The molecule has 19 heavy (non-hydrogen) atoms. The van der Waals surface area contributed by atoms with Gasteiger partial charge in [0.2, 0.25) is 0 Å². The number of hydrogen-bond donors (Lipinski definition) is 0. The van der Waals surface area contributed by atoms with Gasteiger partial charge in [-0.1, -0.05) is 24.3 Å². The summed E-state index contributed by atoms with van der Waals surface area (Å²) >= 11 is 0. The average Bonchev–Trinajstić information content (AvgIpc) is 2.42. The van der Waals surface area contributed by atoms with Crippen molar-refractivity contribution in [2.45, 2.75) is 13.8 Å². The van der Waals surface area contributed by atoms with Crippen molar-refractivity contribution in [3.05, 3.63) is 76.4 Å². The van der Waals surface area contributed by atoms with Gasteiger partial charge in [0, 0.05) is 23.3 Å². The van der Waals surface area contributed by atoms with Crippen LogP contribution in [0.2, 0.25) is 0 Å². The maximum atomic E-state index is 11.1. The molecule has 0 unspecified atom stereocenters. The normalized spacial score (nSPS) is 9.79. The van der Waals surface area contributed by atoms with Gasteiger partial charge in [0.15, 0.2) is 0 Å². The van der Waals surface area contributed by atoms with Gasteiger partial charge in [0.05, 0.1) is 0 Å². The summed E-state index contributed by atoms with van der Waals surface area (Å²) in [5, 5.41) is 0.967. The maximum Gasteiger partial charge on any atom is 0.339 e. The van der Waals surface area contributed by atoms with Crippen molar-refractivity contribution in [1.82, 2.24) is 4.98 Å². The number of benzene rings is 1. The number of rotatable bonds is 0. The first-order valence-corrected chi connectivity index (χ1v) is 6.03. The molecule has 0 radical (unpaired) electrons. The molecule has 0 aliphatic rings. The molecule has 0 saturated heterocycles. The molecule has 0 bridgehead atoms. The van der Waals surface area contributed by atoms with E-state index in [1.54, 1.807) is 19.2 Å². The van der Waals surface area contributed by atoms with E-state index in [9.17, 15) is 4.79 Å². The second kappa shape index (κ2) is 5.96. The molecule has 2 heterocycles. The highest BCUT2D eigenvalue weighted by Gasteiger charge is 1.98. The van der Waals surface area contributed by atoms with E-state index in [1.165, 1.54) is 5.56 Å². The molecule has 0 aliphatic heterocycles. The van der Waals surface area contributed by atoms with E-state index < -0.39 is 0 Å². The first-order valence-electron chi connectivity index (χ1n) is 6.03. The van der Waals surface area contributed by atoms with Gasteiger partial charge in [-0.05, 0) is 37.6 Å². The Kier molecular flexibility index (Phi) is 4.08. The minimum absolute atomic E-state index is 0.256. The zero-order valence-corrected chi connectivity index (χ0v) is 11.0. The summed E-state index contributed by atoms with van der Waals surface area (Å²) in [6.45, 7) is 3.77. The van der Waals surface area contributed by atoms with Gasteiger partial charge >= 0.3 is 5.63 Å². The van der Waals surface area contributed by atoms with Crippen LogP contribution in [0.3, 0.4) is 0 Å². The number of fused-ring (bicyclic) bond motifs is 1. The smallest absolute Gasteiger partial charge is 0.339 e. The molecule has 96 valence electrons. The molecule has 1 aromatic carbocycles. The van der Waals surface area contributed by atoms with Crippen LogP contribution < -0.4 is 5.63 Å². The first-order chi connectivity index (χ1) is 9.16. The molecule has 0 N–H and O–H groups in total. The SMILES string of the molecule is Cc1cc2ccccc2oc1=O.Cc1cccnc1. The molecule has 0 atom stereocenters. The predicted octanol–water partition coefficient (Wildman–Crippen LogP) is 3.49. The molecule has 0 saturated carbocycles. The van der Waals surface area contributed by atoms with Gasteiger partial charge in [0.25, 0.3) is 0 Å². The minimum Gasteiger partial charge on any atom is -0.423 e. The van der Waals surface area contributed by atoms with E-state index in [0.717, 1.165) is 5.39 Å². The van der Waals surface area contributed by atoms with Crippen LogP contribution >= 0.6 is 0 Å². The van der Waals surface area contributed by atoms with Crippen LogP contribution in [0.25, 0.3) is 11.0 Å². The third-order valence-corrected chi connectivity index (χ3v) is 2.63. The van der Waals surface area contributed by atoms with Gasteiger partial charge in [0.1, 0.15) is 5.58 Å². The molecule has 3 heteroatoms. The number of pyridine rings is 1. The highest BCUT2D eigenvalue weighted by Crippen LogP contribution is 2.11. The van der Waals surface area contributed by atoms with Gasteiger partial charge in [-0.2, -0.15) is 0 Å². The Balaban J connectivity index is 0.000000163. The van der Waals surface area contributed by atoms with Crippen molar-refractivity contribution in [3.8, 4) is 0 Å². The molecule has 3 aromatic rings. The van der Waals surface area contributed by atoms with E-state index in [0.29, 0.717) is 11.1 Å². The van der Waals surface area contributed by atoms with Crippen LogP contribution in [0.1, 0.15) is 11.1 Å². The summed E-state index contributed by atoms with van der Waals surface area (Å²) in [7, 11) is 0. The van der Waals surface area contributed by atoms with Crippen molar-refractivity contribution < 1.29 is 4.42 Å².